The summed E-state index contributed by atoms with van der Waals surface area (Å²) < 4.78 is 407. The molecule has 5 heterocycles. The molecule has 4 aromatic rings. The number of nitrogens with one attached hydrogen (secondary N) is 4. The summed E-state index contributed by atoms with van der Waals surface area (Å²) in [6.07, 6.45) is -30.1. The Morgan fingerprint density at radius 3 is 0.514 bits per heavy atom. The molecule has 0 unspecified atom stereocenters. The quantitative estimate of drug-likeness (QED) is 0.100. The number of halogens is 36. The molecule has 5 rings (SSSR count). The molecule has 0 atom stereocenters. The SMILES string of the molecule is FC(F)(F)C(F)(F)C(F)(F)C1=c2[nH]c(c(I)c2I)=C(C(F)(F)C(F)(F)C(F)(F)F)c2[nH]c(c(Br)c2Br)C(C(F)(F)C(F)(F)C(F)(F)F)=c2[nH]c(c(I)c2I)=C(C(F)(F)C(F)(F)C(F)(F)F)c2[nH]c1c(Br)c2Br. The van der Waals surface area contributed by atoms with Crippen molar-refractivity contribution in [2.75, 3.05) is 0 Å². The van der Waals surface area contributed by atoms with Crippen molar-refractivity contribution in [1.29, 1.82) is 0 Å². The summed E-state index contributed by atoms with van der Waals surface area (Å²) in [5.41, 5.74) is -22.1. The van der Waals surface area contributed by atoms with Crippen LogP contribution in [0.2, 0.25) is 0 Å². The molecule has 72 heavy (non-hydrogen) atoms. The van der Waals surface area contributed by atoms with Gasteiger partial charge in [-0.1, -0.05) is 0 Å². The van der Waals surface area contributed by atoms with Crippen LogP contribution in [0.1, 0.15) is 22.8 Å². The van der Waals surface area contributed by atoms with E-state index in [1.807, 2.05) is 0 Å². The smallest absolute Gasteiger partial charge is 0.353 e. The minimum atomic E-state index is -7.58. The van der Waals surface area contributed by atoms with E-state index in [9.17, 15) is 52.7 Å². The van der Waals surface area contributed by atoms with Crippen LogP contribution in [-0.4, -0.2) is 92.0 Å². The topological polar surface area (TPSA) is 63.2 Å². The molecule has 0 saturated heterocycles. The summed E-state index contributed by atoms with van der Waals surface area (Å²) in [4.78, 5) is 4.55. The molecule has 4 N–H and O–H groups in total. The molecule has 8 bridgehead atoms. The molecule has 0 amide bonds. The Morgan fingerprint density at radius 1 is 0.250 bits per heavy atom. The van der Waals surface area contributed by atoms with Crippen LogP contribution in [0, 0.1) is 14.3 Å². The number of H-pyrrole nitrogens is 4. The Balaban J connectivity index is 2.44. The summed E-state index contributed by atoms with van der Waals surface area (Å²) in [5.74, 6) is -58.8. The lowest BCUT2D eigenvalue weighted by atomic mass is 9.98. The highest BCUT2D eigenvalue weighted by Crippen LogP contribution is 2.59. The van der Waals surface area contributed by atoms with E-state index in [2.05, 4.69) is 63.7 Å². The molecule has 40 heteroatoms. The zero-order chi connectivity index (χ0) is 56.4. The van der Waals surface area contributed by atoms with Gasteiger partial charge in [-0.05, 0) is 154 Å². The van der Waals surface area contributed by atoms with E-state index in [4.69, 9.17) is 0 Å². The lowest BCUT2D eigenvalue weighted by molar-refractivity contribution is -0.339. The summed E-state index contributed by atoms with van der Waals surface area (Å²) in [5, 5.41) is -9.25. The van der Waals surface area contributed by atoms with Crippen LogP contribution in [0.15, 0.2) is 17.9 Å². The number of aromatic nitrogens is 4. The Morgan fingerprint density at radius 2 is 0.389 bits per heavy atom. The fourth-order valence-electron chi connectivity index (χ4n) is 6.29. The number of hydrogen-bond donors (Lipinski definition) is 4. The molecule has 0 aromatic carbocycles. The molecule has 0 spiro atoms. The van der Waals surface area contributed by atoms with Gasteiger partial charge in [0.15, 0.2) is 0 Å². The number of alkyl halides is 28. The average molecular weight is 1800 g/mol. The largest absolute Gasteiger partial charge is 0.460 e. The maximum Gasteiger partial charge on any atom is 0.460 e. The van der Waals surface area contributed by atoms with Gasteiger partial charge in [0.05, 0.1) is 98.6 Å². The van der Waals surface area contributed by atoms with Crippen LogP contribution in [0.4, 0.5) is 123 Å². The molecular formula is C32H4Br4F28I4N4. The molecule has 0 radical (unpaired) electrons. The van der Waals surface area contributed by atoms with Gasteiger partial charge in [-0.2, -0.15) is 123 Å². The Hall–Kier alpha value is -0.520. The van der Waals surface area contributed by atoms with E-state index in [1.54, 1.807) is 0 Å². The van der Waals surface area contributed by atoms with Crippen molar-refractivity contribution < 1.29 is 123 Å². The highest BCUT2D eigenvalue weighted by molar-refractivity contribution is 14.1. The second-order valence-electron chi connectivity index (χ2n) is 14.1. The first kappa shape index (κ1) is 62.3. The van der Waals surface area contributed by atoms with E-state index >= 15 is 70.2 Å². The Bertz CT molecular complexity index is 2740. The minimum absolute atomic E-state index is 0.515. The number of hydrogen-bond acceptors (Lipinski definition) is 0. The van der Waals surface area contributed by atoms with Crippen LogP contribution in [0.3, 0.4) is 0 Å². The van der Waals surface area contributed by atoms with Gasteiger partial charge in [-0.15, -0.1) is 0 Å². The number of fused-ring (bicyclic) bond motifs is 8. The standard InChI is InChI=1S/C32H4Br4F28I4N4/c33-5-6(34)14-2(22(39,40)26(47,48)30(56,57)58)19-11(67)12(68)20(72-19)4(24(43,44)28(51,52)32(62,63)64)16-8(36)7(35)15(70-16)3(23(41,42)27(49,50)31(59,60)61)18-10(66)9(65)17(71-18)1(13(5)69-14)21(37,38)25(45,46)29(53,54)55/h69-72H. The Kier molecular flexibility index (Phi) is 16.0. The monoisotopic (exact) mass is 1800 g/mol. The first-order chi connectivity index (χ1) is 31.7. The molecule has 404 valence electrons. The van der Waals surface area contributed by atoms with Gasteiger partial charge in [-0.3, -0.25) is 0 Å². The lowest BCUT2D eigenvalue weighted by Crippen LogP contribution is -2.55. The predicted molar refractivity (Wildman–Crippen MR) is 237 cm³/mol. The van der Waals surface area contributed by atoms with Crippen LogP contribution < -0.4 is 21.4 Å². The van der Waals surface area contributed by atoms with E-state index in [0.717, 1.165) is 19.9 Å². The van der Waals surface area contributed by atoms with E-state index in [-0.39, 0.29) is 0 Å². The van der Waals surface area contributed by atoms with Gasteiger partial charge in [0, 0.05) is 0 Å². The third-order valence-electron chi connectivity index (χ3n) is 9.78. The first-order valence-corrected chi connectivity index (χ1v) is 24.3. The van der Waals surface area contributed by atoms with Crippen molar-refractivity contribution in [3.63, 3.8) is 0 Å². The van der Waals surface area contributed by atoms with E-state index in [1.165, 1.54) is 0 Å². The van der Waals surface area contributed by atoms with Crippen molar-refractivity contribution >= 4 is 176 Å². The van der Waals surface area contributed by atoms with Crippen LogP contribution >= 0.6 is 154 Å². The zero-order valence-electron chi connectivity index (χ0n) is 31.6. The predicted octanol–water partition coefficient (Wildman–Crippen LogP) is 14.9. The highest BCUT2D eigenvalue weighted by Gasteiger charge is 2.78. The van der Waals surface area contributed by atoms with Crippen LogP contribution in [0.25, 0.3) is 22.3 Å². The maximum absolute atomic E-state index is 16.4. The van der Waals surface area contributed by atoms with Gasteiger partial charge in [0.1, 0.15) is 0 Å². The molecule has 4 aromatic heterocycles. The molecule has 0 fully saturated rings. The van der Waals surface area contributed by atoms with Crippen molar-refractivity contribution in [3.05, 3.63) is 76.3 Å². The van der Waals surface area contributed by atoms with Crippen molar-refractivity contribution in [3.8, 4) is 0 Å². The molecule has 1 aliphatic rings. The Labute approximate surface area is 463 Å². The summed E-state index contributed by atoms with van der Waals surface area (Å²) in [7, 11) is 0. The molecule has 0 aliphatic carbocycles. The second kappa shape index (κ2) is 18.5. The van der Waals surface area contributed by atoms with E-state index in [0.29, 0.717) is 90.4 Å². The van der Waals surface area contributed by atoms with Gasteiger partial charge in [-0.25, -0.2) is 0 Å². The fourth-order valence-corrected chi connectivity index (χ4v) is 11.0. The van der Waals surface area contributed by atoms with Crippen molar-refractivity contribution in [1.82, 2.24) is 19.9 Å². The number of aromatic amines is 4. The third-order valence-corrected chi connectivity index (χ3v) is 20.4. The second-order valence-corrected chi connectivity index (χ2v) is 21.6. The van der Waals surface area contributed by atoms with Gasteiger partial charge >= 0.3 is 72.1 Å². The molecular weight excluding hydrogens is 1800 g/mol. The summed E-state index contributed by atoms with van der Waals surface area (Å²) in [6, 6.07) is 0. The van der Waals surface area contributed by atoms with Crippen LogP contribution in [0.5, 0.6) is 0 Å². The third kappa shape index (κ3) is 8.89. The van der Waals surface area contributed by atoms with E-state index < -0.39 is 171 Å². The molecule has 1 aliphatic heterocycles. The lowest BCUT2D eigenvalue weighted by Gasteiger charge is -2.30. The first-order valence-electron chi connectivity index (χ1n) is 16.8. The van der Waals surface area contributed by atoms with Crippen molar-refractivity contribution in [2.24, 2.45) is 0 Å². The van der Waals surface area contributed by atoms with Gasteiger partial charge in [0.25, 0.3) is 0 Å². The minimum Gasteiger partial charge on any atom is -0.353 e. The van der Waals surface area contributed by atoms with Gasteiger partial charge in [0.2, 0.25) is 0 Å². The molecule has 4 nitrogen and oxygen atoms in total. The van der Waals surface area contributed by atoms with Crippen molar-refractivity contribution in [2.45, 2.75) is 72.1 Å². The summed E-state index contributed by atoms with van der Waals surface area (Å²) >= 11 is 10.9. The highest BCUT2D eigenvalue weighted by atomic mass is 127. The summed E-state index contributed by atoms with van der Waals surface area (Å²) in [6.45, 7) is 0. The zero-order valence-corrected chi connectivity index (χ0v) is 46.6. The normalized spacial score (nSPS) is 15.9. The number of rotatable bonds is 8. The van der Waals surface area contributed by atoms with Crippen LogP contribution in [-0.2, 0) is 0 Å². The maximum atomic E-state index is 16.4. The van der Waals surface area contributed by atoms with Gasteiger partial charge < -0.3 is 19.9 Å². The fraction of sp³-hybridized carbons (Fsp3) is 0.375. The average Bonchev–Trinajstić information content (AvgIpc) is 3.84. The molecule has 0 saturated carbocycles.